The van der Waals surface area contributed by atoms with Crippen LogP contribution >= 0.6 is 0 Å². The lowest BCUT2D eigenvalue weighted by Crippen LogP contribution is -2.40. The van der Waals surface area contributed by atoms with Gasteiger partial charge in [0.05, 0.1) is 6.57 Å². The van der Waals surface area contributed by atoms with Crippen LogP contribution in [0.25, 0.3) is 26.9 Å². The zero-order valence-electron chi connectivity index (χ0n) is 16.1. The van der Waals surface area contributed by atoms with Crippen molar-refractivity contribution in [2.75, 3.05) is 25.5 Å². The summed E-state index contributed by atoms with van der Waals surface area (Å²) in [5, 5.41) is 24.9. The third-order valence-corrected chi connectivity index (χ3v) is 5.35. The van der Waals surface area contributed by atoms with Crippen molar-refractivity contribution in [2.45, 2.75) is 25.8 Å². The number of nitrogens with one attached hydrogen (secondary N) is 1. The van der Waals surface area contributed by atoms with Gasteiger partial charge >= 0.3 is 0 Å². The molecule has 0 aliphatic carbocycles. The summed E-state index contributed by atoms with van der Waals surface area (Å²) < 4.78 is 0. The number of benzene rings is 2. The van der Waals surface area contributed by atoms with Gasteiger partial charge in [-0.1, -0.05) is 30.3 Å². The Morgan fingerprint density at radius 1 is 1.25 bits per heavy atom. The second-order valence-corrected chi connectivity index (χ2v) is 7.45. The molecule has 4 rings (SSSR count). The van der Waals surface area contributed by atoms with Crippen LogP contribution in [0.1, 0.15) is 18.4 Å². The summed E-state index contributed by atoms with van der Waals surface area (Å²) in [5.41, 5.74) is 2.71. The van der Waals surface area contributed by atoms with Crippen molar-refractivity contribution in [2.24, 2.45) is 0 Å². The first kappa shape index (κ1) is 18.2. The van der Waals surface area contributed by atoms with Crippen molar-refractivity contribution in [3.63, 3.8) is 0 Å². The number of hydrogen-bond donors (Lipinski definition) is 2. The third-order valence-electron chi connectivity index (χ3n) is 5.35. The van der Waals surface area contributed by atoms with E-state index in [1.54, 1.807) is 12.1 Å². The molecule has 3 aromatic rings. The Kier molecular flexibility index (Phi) is 4.84. The number of hydrogen-bond acceptors (Lipinski definition) is 5. The number of rotatable bonds is 3. The van der Waals surface area contributed by atoms with Crippen LogP contribution < -0.4 is 5.32 Å². The molecule has 6 nitrogen and oxygen atoms in total. The van der Waals surface area contributed by atoms with Crippen LogP contribution in [0.15, 0.2) is 36.4 Å². The van der Waals surface area contributed by atoms with Crippen LogP contribution in [0.5, 0.6) is 5.75 Å². The minimum atomic E-state index is 0.0419. The van der Waals surface area contributed by atoms with Gasteiger partial charge in [-0.15, -0.1) is 10.2 Å². The van der Waals surface area contributed by atoms with Crippen LogP contribution in [0.2, 0.25) is 0 Å². The van der Waals surface area contributed by atoms with E-state index >= 15 is 0 Å². The molecule has 0 amide bonds. The number of fused-ring (bicyclic) bond motifs is 1. The van der Waals surface area contributed by atoms with Gasteiger partial charge in [0.1, 0.15) is 11.4 Å². The molecule has 0 radical (unpaired) electrons. The van der Waals surface area contributed by atoms with Crippen LogP contribution in [-0.2, 0) is 0 Å². The molecular weight excluding hydrogens is 350 g/mol. The first-order valence-electron chi connectivity index (χ1n) is 9.48. The lowest BCUT2D eigenvalue weighted by atomic mass is 10.00. The summed E-state index contributed by atoms with van der Waals surface area (Å²) in [6, 6.07) is 11.3. The summed E-state index contributed by atoms with van der Waals surface area (Å²) in [5.74, 6) is 0.828. The highest BCUT2D eigenvalue weighted by atomic mass is 16.3. The van der Waals surface area contributed by atoms with Gasteiger partial charge in [0.2, 0.25) is 0 Å². The van der Waals surface area contributed by atoms with Gasteiger partial charge < -0.3 is 15.3 Å². The zero-order valence-corrected chi connectivity index (χ0v) is 16.1. The number of anilines is 1. The number of phenolic OH excluding ortho intramolecular Hbond substituents is 1. The molecule has 0 saturated carbocycles. The minimum Gasteiger partial charge on any atom is -0.509 e. The topological polar surface area (TPSA) is 65.6 Å². The molecule has 0 spiro atoms. The molecular formula is C22H23N5O. The van der Waals surface area contributed by atoms with Gasteiger partial charge in [-0.25, -0.2) is 4.85 Å². The molecule has 2 aromatic carbocycles. The normalized spacial score (nSPS) is 17.4. The van der Waals surface area contributed by atoms with Crippen molar-refractivity contribution in [3.05, 3.63) is 53.4 Å². The summed E-state index contributed by atoms with van der Waals surface area (Å²) in [7, 11) is 2.14. The lowest BCUT2D eigenvalue weighted by Gasteiger charge is -2.30. The molecule has 0 bridgehead atoms. The van der Waals surface area contributed by atoms with Gasteiger partial charge in [0.25, 0.3) is 0 Å². The maximum absolute atomic E-state index is 10.4. The molecule has 6 heteroatoms. The second-order valence-electron chi connectivity index (χ2n) is 7.45. The SMILES string of the molecule is [C-]#[N+]c1ccc(-c2nnc(N[C@@H]3CCCN(C)C3)c3c(C)cccc23)c(O)c1. The second kappa shape index (κ2) is 7.45. The van der Waals surface area contributed by atoms with Crippen molar-refractivity contribution in [1.82, 2.24) is 15.1 Å². The number of likely N-dealkylation sites (tertiary alicyclic amines) is 1. The van der Waals surface area contributed by atoms with Crippen LogP contribution in [0.4, 0.5) is 11.5 Å². The highest BCUT2D eigenvalue weighted by molar-refractivity contribution is 6.02. The predicted octanol–water partition coefficient (Wildman–Crippen LogP) is 4.37. The summed E-state index contributed by atoms with van der Waals surface area (Å²) in [6.07, 6.45) is 2.28. The maximum Gasteiger partial charge on any atom is 0.190 e. The maximum atomic E-state index is 10.4. The van der Waals surface area contributed by atoms with E-state index in [0.717, 1.165) is 48.1 Å². The Bertz CT molecular complexity index is 1070. The number of aromatic nitrogens is 2. The smallest absolute Gasteiger partial charge is 0.190 e. The molecule has 2 N–H and O–H groups in total. The molecule has 0 unspecified atom stereocenters. The number of piperidine rings is 1. The number of phenols is 1. The quantitative estimate of drug-likeness (QED) is 0.668. The average molecular weight is 373 g/mol. The lowest BCUT2D eigenvalue weighted by molar-refractivity contribution is 0.261. The first-order chi connectivity index (χ1) is 13.6. The van der Waals surface area contributed by atoms with Crippen molar-refractivity contribution >= 4 is 22.3 Å². The van der Waals surface area contributed by atoms with E-state index in [4.69, 9.17) is 6.57 Å². The molecule has 28 heavy (non-hydrogen) atoms. The molecule has 1 saturated heterocycles. The third kappa shape index (κ3) is 3.37. The van der Waals surface area contributed by atoms with E-state index in [0.29, 0.717) is 23.0 Å². The van der Waals surface area contributed by atoms with Gasteiger partial charge in [-0.2, -0.15) is 0 Å². The van der Waals surface area contributed by atoms with E-state index in [-0.39, 0.29) is 5.75 Å². The number of likely N-dealkylation sites (N-methyl/N-ethyl adjacent to an activating group) is 1. The first-order valence-corrected chi connectivity index (χ1v) is 9.48. The molecule has 1 aliphatic heterocycles. The molecule has 1 atom stereocenters. The van der Waals surface area contributed by atoms with Crippen molar-refractivity contribution < 1.29 is 5.11 Å². The molecule has 2 heterocycles. The monoisotopic (exact) mass is 373 g/mol. The standard InChI is InChI=1S/C22H23N5O/c1-14-6-4-8-18-20(14)22(24-16-7-5-11-27(3)13-16)26-25-21(18)17-10-9-15(23-2)12-19(17)28/h4,6,8-10,12,16,28H,5,7,11,13H2,1,3H3,(H,24,26)/t16-/m1/s1. The van der Waals surface area contributed by atoms with E-state index < -0.39 is 0 Å². The molecule has 1 fully saturated rings. The van der Waals surface area contributed by atoms with Gasteiger partial charge in [0, 0.05) is 28.9 Å². The summed E-state index contributed by atoms with van der Waals surface area (Å²) >= 11 is 0. The zero-order chi connectivity index (χ0) is 19.7. The van der Waals surface area contributed by atoms with Crippen molar-refractivity contribution in [1.29, 1.82) is 0 Å². The Labute approximate surface area is 164 Å². The van der Waals surface area contributed by atoms with E-state index in [1.165, 1.54) is 6.07 Å². The van der Waals surface area contributed by atoms with Gasteiger partial charge in [0.15, 0.2) is 11.5 Å². The fraction of sp³-hybridized carbons (Fsp3) is 0.318. The highest BCUT2D eigenvalue weighted by Gasteiger charge is 2.21. The van der Waals surface area contributed by atoms with E-state index in [9.17, 15) is 5.11 Å². The van der Waals surface area contributed by atoms with E-state index in [2.05, 4.69) is 45.3 Å². The summed E-state index contributed by atoms with van der Waals surface area (Å²) in [6.45, 7) is 11.3. The number of aromatic hydroxyl groups is 1. The van der Waals surface area contributed by atoms with Gasteiger partial charge in [-0.05, 0) is 45.0 Å². The Morgan fingerprint density at radius 3 is 2.86 bits per heavy atom. The number of aryl methyl sites for hydroxylation is 1. The molecule has 1 aromatic heterocycles. The fourth-order valence-corrected chi connectivity index (χ4v) is 3.95. The van der Waals surface area contributed by atoms with Crippen molar-refractivity contribution in [3.8, 4) is 17.0 Å². The Morgan fingerprint density at radius 2 is 2.11 bits per heavy atom. The Balaban J connectivity index is 1.81. The van der Waals surface area contributed by atoms with Crippen LogP contribution in [-0.4, -0.2) is 46.4 Å². The summed E-state index contributed by atoms with van der Waals surface area (Å²) in [4.78, 5) is 5.70. The fourth-order valence-electron chi connectivity index (χ4n) is 3.95. The molecule has 142 valence electrons. The highest BCUT2D eigenvalue weighted by Crippen LogP contribution is 2.37. The van der Waals surface area contributed by atoms with Gasteiger partial charge in [-0.3, -0.25) is 0 Å². The Hall–Kier alpha value is -3.17. The van der Waals surface area contributed by atoms with Crippen LogP contribution in [0, 0.1) is 13.5 Å². The predicted molar refractivity (Wildman–Crippen MR) is 112 cm³/mol. The number of nitrogens with zero attached hydrogens (tertiary/aromatic N) is 4. The minimum absolute atomic E-state index is 0.0419. The molecule has 1 aliphatic rings. The average Bonchev–Trinajstić information content (AvgIpc) is 2.68. The van der Waals surface area contributed by atoms with Crippen LogP contribution in [0.3, 0.4) is 0 Å². The largest absolute Gasteiger partial charge is 0.509 e. The van der Waals surface area contributed by atoms with E-state index in [1.807, 2.05) is 12.1 Å².